The van der Waals surface area contributed by atoms with E-state index in [4.69, 9.17) is 4.18 Å². The highest BCUT2D eigenvalue weighted by molar-refractivity contribution is 7.86. The Balaban J connectivity index is 1.74. The highest BCUT2D eigenvalue weighted by Gasteiger charge is 2.20. The Labute approximate surface area is 133 Å². The number of carbonyl (C=O) groups excluding carboxylic acids is 1. The highest BCUT2D eigenvalue weighted by Crippen LogP contribution is 2.31. The molecule has 0 bridgehead atoms. The second kappa shape index (κ2) is 7.88. The minimum Gasteiger partial charge on any atom is -0.297 e. The third-order valence-corrected chi connectivity index (χ3v) is 5.65. The van der Waals surface area contributed by atoms with Crippen LogP contribution in [0.2, 0.25) is 0 Å². The van der Waals surface area contributed by atoms with E-state index in [1.54, 1.807) is 18.2 Å². The Kier molecular flexibility index (Phi) is 6.15. The molecule has 1 aliphatic carbocycles. The molecule has 0 N–H and O–H groups in total. The molecule has 0 aromatic heterocycles. The predicted molar refractivity (Wildman–Crippen MR) is 84.9 cm³/mol. The van der Waals surface area contributed by atoms with E-state index in [2.05, 4.69) is 6.92 Å². The van der Waals surface area contributed by atoms with E-state index in [0.29, 0.717) is 12.3 Å². The smallest absolute Gasteiger partial charge is 0.297 e. The second-order valence-corrected chi connectivity index (χ2v) is 7.85. The predicted octanol–water partition coefficient (Wildman–Crippen LogP) is 3.57. The molecule has 5 heteroatoms. The monoisotopic (exact) mass is 324 g/mol. The molecule has 4 nitrogen and oxygen atoms in total. The van der Waals surface area contributed by atoms with Crippen LogP contribution in [-0.4, -0.2) is 20.8 Å². The molecule has 0 heterocycles. The molecule has 22 heavy (non-hydrogen) atoms. The van der Waals surface area contributed by atoms with Crippen LogP contribution in [0.1, 0.15) is 45.4 Å². The van der Waals surface area contributed by atoms with Crippen LogP contribution in [0.3, 0.4) is 0 Å². The zero-order valence-electron chi connectivity index (χ0n) is 13.0. The van der Waals surface area contributed by atoms with Crippen LogP contribution in [-0.2, 0) is 19.1 Å². The van der Waals surface area contributed by atoms with E-state index in [9.17, 15) is 13.2 Å². The lowest BCUT2D eigenvalue weighted by Gasteiger charge is -2.25. The van der Waals surface area contributed by atoms with E-state index in [-0.39, 0.29) is 17.3 Å². The van der Waals surface area contributed by atoms with Crippen molar-refractivity contribution in [3.05, 3.63) is 30.3 Å². The van der Waals surface area contributed by atoms with Gasteiger partial charge in [0, 0.05) is 6.42 Å². The number of benzene rings is 1. The van der Waals surface area contributed by atoms with Crippen molar-refractivity contribution in [1.29, 1.82) is 0 Å². The average molecular weight is 324 g/mol. The van der Waals surface area contributed by atoms with Gasteiger partial charge in [-0.15, -0.1) is 0 Å². The first-order valence-electron chi connectivity index (χ1n) is 7.93. The Morgan fingerprint density at radius 2 is 1.77 bits per heavy atom. The maximum atomic E-state index is 11.9. The van der Waals surface area contributed by atoms with Gasteiger partial charge in [-0.05, 0) is 30.4 Å². The number of hydrogen-bond donors (Lipinski definition) is 0. The summed E-state index contributed by atoms with van der Waals surface area (Å²) in [5.41, 5.74) is 0. The zero-order chi connectivity index (χ0) is 16.0. The van der Waals surface area contributed by atoms with Crippen molar-refractivity contribution in [3.8, 4) is 0 Å². The van der Waals surface area contributed by atoms with Gasteiger partial charge in [0.15, 0.2) is 5.78 Å². The summed E-state index contributed by atoms with van der Waals surface area (Å²) in [4.78, 5) is 11.9. The van der Waals surface area contributed by atoms with Crippen molar-refractivity contribution < 1.29 is 17.4 Å². The molecule has 0 saturated heterocycles. The van der Waals surface area contributed by atoms with Gasteiger partial charge in [-0.2, -0.15) is 8.42 Å². The van der Waals surface area contributed by atoms with Gasteiger partial charge < -0.3 is 0 Å². The van der Waals surface area contributed by atoms with Gasteiger partial charge in [-0.3, -0.25) is 8.98 Å². The first kappa shape index (κ1) is 17.2. The molecular formula is C17H24O4S. The molecular weight excluding hydrogens is 300 g/mol. The summed E-state index contributed by atoms with van der Waals surface area (Å²) in [7, 11) is -3.83. The van der Waals surface area contributed by atoms with Crippen LogP contribution < -0.4 is 0 Å². The Bertz CT molecular complexity index is 572. The summed E-state index contributed by atoms with van der Waals surface area (Å²) in [6, 6.07) is 7.91. The number of rotatable bonds is 7. The maximum absolute atomic E-state index is 11.9. The first-order valence-corrected chi connectivity index (χ1v) is 9.34. The lowest BCUT2D eigenvalue weighted by Crippen LogP contribution is -2.17. The van der Waals surface area contributed by atoms with Crippen molar-refractivity contribution in [3.63, 3.8) is 0 Å². The number of hydrogen-bond acceptors (Lipinski definition) is 4. The van der Waals surface area contributed by atoms with Crippen LogP contribution in [0.4, 0.5) is 0 Å². The third kappa shape index (κ3) is 5.21. The molecule has 0 atom stereocenters. The van der Waals surface area contributed by atoms with E-state index in [1.807, 2.05) is 0 Å². The van der Waals surface area contributed by atoms with E-state index in [0.717, 1.165) is 12.3 Å². The first-order chi connectivity index (χ1) is 10.5. The summed E-state index contributed by atoms with van der Waals surface area (Å²) in [5.74, 6) is 1.26. The van der Waals surface area contributed by atoms with E-state index >= 15 is 0 Å². The quantitative estimate of drug-likeness (QED) is 0.719. The Hall–Kier alpha value is -1.20. The van der Waals surface area contributed by atoms with Gasteiger partial charge in [-0.25, -0.2) is 0 Å². The van der Waals surface area contributed by atoms with Crippen molar-refractivity contribution in [2.75, 3.05) is 6.61 Å². The van der Waals surface area contributed by atoms with Gasteiger partial charge >= 0.3 is 0 Å². The zero-order valence-corrected chi connectivity index (χ0v) is 13.8. The van der Waals surface area contributed by atoms with Crippen LogP contribution >= 0.6 is 0 Å². The molecule has 122 valence electrons. The normalized spacial score (nSPS) is 22.4. The third-order valence-electron chi connectivity index (χ3n) is 4.37. The van der Waals surface area contributed by atoms with Gasteiger partial charge in [0.05, 0.1) is 4.90 Å². The molecule has 1 aliphatic rings. The van der Waals surface area contributed by atoms with Gasteiger partial charge in [0.2, 0.25) is 0 Å². The summed E-state index contributed by atoms with van der Waals surface area (Å²) >= 11 is 0. The minimum atomic E-state index is -3.83. The van der Waals surface area contributed by atoms with Crippen molar-refractivity contribution in [1.82, 2.24) is 0 Å². The van der Waals surface area contributed by atoms with Crippen LogP contribution in [0.5, 0.6) is 0 Å². The van der Waals surface area contributed by atoms with Gasteiger partial charge in [0.25, 0.3) is 10.1 Å². The molecule has 1 aromatic rings. The lowest BCUT2D eigenvalue weighted by molar-refractivity contribution is -0.121. The van der Waals surface area contributed by atoms with Crippen LogP contribution in [0, 0.1) is 11.8 Å². The van der Waals surface area contributed by atoms with Crippen LogP contribution in [0.15, 0.2) is 35.2 Å². The van der Waals surface area contributed by atoms with Gasteiger partial charge in [0.1, 0.15) is 6.61 Å². The number of carbonyl (C=O) groups is 1. The fourth-order valence-electron chi connectivity index (χ4n) is 2.85. The van der Waals surface area contributed by atoms with E-state index < -0.39 is 10.1 Å². The standard InChI is InChI=1S/C17H24O4S/c1-14-7-9-15(10-8-14)11-12-16(18)13-21-22(19,20)17-5-3-2-4-6-17/h2-6,14-15H,7-13H2,1H3. The summed E-state index contributed by atoms with van der Waals surface area (Å²) in [6.07, 6.45) is 6.08. The van der Waals surface area contributed by atoms with Gasteiger partial charge in [-0.1, -0.05) is 50.8 Å². The van der Waals surface area contributed by atoms with Crippen molar-refractivity contribution in [2.24, 2.45) is 11.8 Å². The SMILES string of the molecule is CC1CCC(CCC(=O)COS(=O)(=O)c2ccccc2)CC1. The molecule has 1 aromatic carbocycles. The van der Waals surface area contributed by atoms with Crippen molar-refractivity contribution >= 4 is 15.9 Å². The fourth-order valence-corrected chi connectivity index (χ4v) is 3.77. The van der Waals surface area contributed by atoms with Crippen molar-refractivity contribution in [2.45, 2.75) is 50.3 Å². The number of Topliss-reactive ketones (excluding diaryl/α,β-unsaturated/α-hetero) is 1. The topological polar surface area (TPSA) is 60.4 Å². The Morgan fingerprint density at radius 1 is 1.14 bits per heavy atom. The second-order valence-electron chi connectivity index (χ2n) is 6.23. The molecule has 0 spiro atoms. The average Bonchev–Trinajstić information content (AvgIpc) is 2.53. The molecule has 0 amide bonds. The summed E-state index contributed by atoms with van der Waals surface area (Å²) in [6.45, 7) is 1.91. The maximum Gasteiger partial charge on any atom is 0.297 e. The fraction of sp³-hybridized carbons (Fsp3) is 0.588. The molecule has 1 saturated carbocycles. The molecule has 0 aliphatic heterocycles. The van der Waals surface area contributed by atoms with E-state index in [1.165, 1.54) is 37.8 Å². The highest BCUT2D eigenvalue weighted by atomic mass is 32.2. The minimum absolute atomic E-state index is 0.0871. The largest absolute Gasteiger partial charge is 0.297 e. The Morgan fingerprint density at radius 3 is 2.41 bits per heavy atom. The molecule has 0 radical (unpaired) electrons. The van der Waals surface area contributed by atoms with Crippen LogP contribution in [0.25, 0.3) is 0 Å². The summed E-state index contributed by atoms with van der Waals surface area (Å²) in [5, 5.41) is 0. The lowest BCUT2D eigenvalue weighted by atomic mass is 9.80. The summed E-state index contributed by atoms with van der Waals surface area (Å²) < 4.78 is 28.7. The number of ketones is 1. The molecule has 0 unspecified atom stereocenters. The molecule has 1 fully saturated rings. The molecule has 2 rings (SSSR count).